The number of hydrogen-bond donors (Lipinski definition) is 1. The molecular formula is C16H24N2O. The molecule has 1 saturated heterocycles. The molecule has 0 aliphatic carbocycles. The number of amides is 1. The van der Waals surface area contributed by atoms with Gasteiger partial charge in [-0.2, -0.15) is 0 Å². The van der Waals surface area contributed by atoms with Crippen LogP contribution in [0.1, 0.15) is 42.6 Å². The lowest BCUT2D eigenvalue weighted by Gasteiger charge is -2.30. The largest absolute Gasteiger partial charge is 0.352 e. The quantitative estimate of drug-likeness (QED) is 0.902. The molecule has 0 spiro atoms. The second kappa shape index (κ2) is 6.71. The first-order chi connectivity index (χ1) is 9.19. The lowest BCUT2D eigenvalue weighted by Crippen LogP contribution is -2.33. The Hall–Kier alpha value is -1.35. The fraction of sp³-hybridized carbons (Fsp3) is 0.562. The summed E-state index contributed by atoms with van der Waals surface area (Å²) in [5.41, 5.74) is 2.04. The van der Waals surface area contributed by atoms with Crippen LogP contribution in [-0.2, 0) is 6.54 Å². The number of likely N-dealkylation sites (tertiary alicyclic amines) is 1. The lowest BCUT2D eigenvalue weighted by molar-refractivity contribution is 0.0956. The number of carbonyl (C=O) groups excluding carboxylic acids is 1. The van der Waals surface area contributed by atoms with Crippen molar-refractivity contribution in [1.29, 1.82) is 0 Å². The van der Waals surface area contributed by atoms with Crippen molar-refractivity contribution in [1.82, 2.24) is 10.2 Å². The number of carbonyl (C=O) groups is 1. The van der Waals surface area contributed by atoms with Gasteiger partial charge in [-0.25, -0.2) is 0 Å². The van der Waals surface area contributed by atoms with Gasteiger partial charge in [0, 0.05) is 25.2 Å². The van der Waals surface area contributed by atoms with Gasteiger partial charge in [-0.1, -0.05) is 19.1 Å². The van der Waals surface area contributed by atoms with E-state index in [4.69, 9.17) is 0 Å². The fourth-order valence-electron chi connectivity index (χ4n) is 2.71. The Balaban J connectivity index is 1.93. The molecular weight excluding hydrogens is 236 g/mol. The highest BCUT2D eigenvalue weighted by molar-refractivity contribution is 5.94. The number of rotatable bonds is 4. The maximum atomic E-state index is 11.7. The summed E-state index contributed by atoms with van der Waals surface area (Å²) >= 11 is 0. The lowest BCUT2D eigenvalue weighted by atomic mass is 9.99. The molecule has 1 aromatic carbocycles. The first kappa shape index (κ1) is 14.1. The minimum atomic E-state index is 0.0145. The van der Waals surface area contributed by atoms with Crippen LogP contribution in [0.15, 0.2) is 24.3 Å². The van der Waals surface area contributed by atoms with E-state index in [-0.39, 0.29) is 5.91 Å². The van der Waals surface area contributed by atoms with Crippen LogP contribution in [0.4, 0.5) is 0 Å². The molecule has 19 heavy (non-hydrogen) atoms. The summed E-state index contributed by atoms with van der Waals surface area (Å²) in [5, 5.41) is 2.82. The van der Waals surface area contributed by atoms with E-state index in [1.807, 2.05) is 19.1 Å². The van der Waals surface area contributed by atoms with Crippen molar-refractivity contribution in [3.63, 3.8) is 0 Å². The number of piperidine rings is 1. The topological polar surface area (TPSA) is 32.3 Å². The van der Waals surface area contributed by atoms with Gasteiger partial charge in [0.1, 0.15) is 0 Å². The highest BCUT2D eigenvalue weighted by Gasteiger charge is 2.16. The van der Waals surface area contributed by atoms with Crippen LogP contribution in [0.25, 0.3) is 0 Å². The van der Waals surface area contributed by atoms with Crippen LogP contribution in [0.2, 0.25) is 0 Å². The molecule has 1 aliphatic rings. The third-order valence-corrected chi connectivity index (χ3v) is 3.70. The average molecular weight is 260 g/mol. The maximum Gasteiger partial charge on any atom is 0.251 e. The van der Waals surface area contributed by atoms with Crippen molar-refractivity contribution in [2.45, 2.75) is 33.2 Å². The van der Waals surface area contributed by atoms with Gasteiger partial charge in [0.15, 0.2) is 0 Å². The zero-order valence-corrected chi connectivity index (χ0v) is 12.0. The first-order valence-electron chi connectivity index (χ1n) is 7.28. The van der Waals surface area contributed by atoms with Crippen molar-refractivity contribution < 1.29 is 4.79 Å². The fourth-order valence-corrected chi connectivity index (χ4v) is 2.71. The zero-order valence-electron chi connectivity index (χ0n) is 12.0. The molecule has 1 amide bonds. The van der Waals surface area contributed by atoms with Gasteiger partial charge >= 0.3 is 0 Å². The van der Waals surface area contributed by atoms with Crippen molar-refractivity contribution >= 4 is 5.91 Å². The van der Waals surface area contributed by atoms with E-state index in [2.05, 4.69) is 29.3 Å². The molecule has 1 fully saturated rings. The van der Waals surface area contributed by atoms with Gasteiger partial charge in [-0.05, 0) is 49.9 Å². The summed E-state index contributed by atoms with van der Waals surface area (Å²) in [7, 11) is 0. The van der Waals surface area contributed by atoms with Crippen LogP contribution in [0.5, 0.6) is 0 Å². The number of nitrogens with zero attached hydrogens (tertiary/aromatic N) is 1. The standard InChI is InChI=1S/C16H24N2O/c1-3-17-16(19)15-8-6-14(7-9-15)12-18-10-4-5-13(2)11-18/h6-9,13H,3-5,10-12H2,1-2H3,(H,17,19)/t13-/m1/s1. The summed E-state index contributed by atoms with van der Waals surface area (Å²) in [4.78, 5) is 14.2. The second-order valence-electron chi connectivity index (χ2n) is 5.54. The Morgan fingerprint density at radius 1 is 1.37 bits per heavy atom. The van der Waals surface area contributed by atoms with E-state index in [1.165, 1.54) is 31.5 Å². The van der Waals surface area contributed by atoms with Crippen LogP contribution in [0.3, 0.4) is 0 Å². The molecule has 1 heterocycles. The van der Waals surface area contributed by atoms with E-state index >= 15 is 0 Å². The number of nitrogens with one attached hydrogen (secondary N) is 1. The Morgan fingerprint density at radius 2 is 2.11 bits per heavy atom. The highest BCUT2D eigenvalue weighted by Crippen LogP contribution is 2.18. The van der Waals surface area contributed by atoms with E-state index in [1.54, 1.807) is 0 Å². The van der Waals surface area contributed by atoms with Gasteiger partial charge in [-0.15, -0.1) is 0 Å². The third-order valence-electron chi connectivity index (χ3n) is 3.70. The summed E-state index contributed by atoms with van der Waals surface area (Å²) in [5.74, 6) is 0.823. The number of hydrogen-bond acceptors (Lipinski definition) is 2. The first-order valence-corrected chi connectivity index (χ1v) is 7.28. The van der Waals surface area contributed by atoms with E-state index in [0.717, 1.165) is 18.0 Å². The highest BCUT2D eigenvalue weighted by atomic mass is 16.1. The Kier molecular flexibility index (Phi) is 4.97. The minimum Gasteiger partial charge on any atom is -0.352 e. The van der Waals surface area contributed by atoms with Crippen LogP contribution in [0, 0.1) is 5.92 Å². The van der Waals surface area contributed by atoms with E-state index in [9.17, 15) is 4.79 Å². The molecule has 2 rings (SSSR count). The molecule has 1 N–H and O–H groups in total. The van der Waals surface area contributed by atoms with Crippen LogP contribution >= 0.6 is 0 Å². The normalized spacial score (nSPS) is 20.2. The van der Waals surface area contributed by atoms with Gasteiger partial charge in [-0.3, -0.25) is 9.69 Å². The van der Waals surface area contributed by atoms with Gasteiger partial charge in [0.2, 0.25) is 0 Å². The van der Waals surface area contributed by atoms with Gasteiger partial charge in [0.05, 0.1) is 0 Å². The van der Waals surface area contributed by atoms with E-state index < -0.39 is 0 Å². The third kappa shape index (κ3) is 4.06. The summed E-state index contributed by atoms with van der Waals surface area (Å²) < 4.78 is 0. The molecule has 0 unspecified atom stereocenters. The molecule has 1 atom stereocenters. The maximum absolute atomic E-state index is 11.7. The molecule has 1 aliphatic heterocycles. The Morgan fingerprint density at radius 3 is 2.74 bits per heavy atom. The number of benzene rings is 1. The average Bonchev–Trinajstić information content (AvgIpc) is 2.40. The molecule has 0 bridgehead atoms. The predicted molar refractivity (Wildman–Crippen MR) is 78.1 cm³/mol. The molecule has 0 aromatic heterocycles. The zero-order chi connectivity index (χ0) is 13.7. The molecule has 0 saturated carbocycles. The van der Waals surface area contributed by atoms with E-state index in [0.29, 0.717) is 6.54 Å². The molecule has 104 valence electrons. The molecule has 3 heteroatoms. The smallest absolute Gasteiger partial charge is 0.251 e. The summed E-state index contributed by atoms with van der Waals surface area (Å²) in [6.45, 7) is 8.32. The van der Waals surface area contributed by atoms with Crippen LogP contribution < -0.4 is 5.32 Å². The van der Waals surface area contributed by atoms with Crippen LogP contribution in [-0.4, -0.2) is 30.4 Å². The Bertz CT molecular complexity index is 413. The molecule has 1 aromatic rings. The van der Waals surface area contributed by atoms with Crippen molar-refractivity contribution in [3.05, 3.63) is 35.4 Å². The summed E-state index contributed by atoms with van der Waals surface area (Å²) in [6, 6.07) is 8.00. The molecule has 3 nitrogen and oxygen atoms in total. The predicted octanol–water partition coefficient (Wildman–Crippen LogP) is 2.67. The van der Waals surface area contributed by atoms with Crippen molar-refractivity contribution in [2.75, 3.05) is 19.6 Å². The summed E-state index contributed by atoms with van der Waals surface area (Å²) in [6.07, 6.45) is 2.66. The monoisotopic (exact) mass is 260 g/mol. The van der Waals surface area contributed by atoms with Gasteiger partial charge < -0.3 is 5.32 Å². The second-order valence-corrected chi connectivity index (χ2v) is 5.54. The van der Waals surface area contributed by atoms with Gasteiger partial charge in [0.25, 0.3) is 5.91 Å². The minimum absolute atomic E-state index is 0.0145. The SMILES string of the molecule is CCNC(=O)c1ccc(CN2CCC[C@@H](C)C2)cc1. The Labute approximate surface area is 116 Å². The van der Waals surface area contributed by atoms with Crippen molar-refractivity contribution in [2.24, 2.45) is 5.92 Å². The molecule has 0 radical (unpaired) electrons. The van der Waals surface area contributed by atoms with Crippen molar-refractivity contribution in [3.8, 4) is 0 Å².